The quantitative estimate of drug-likeness (QED) is 0.802. The highest BCUT2D eigenvalue weighted by molar-refractivity contribution is 5.96. The minimum Gasteiger partial charge on any atom is -0.508 e. The molecule has 0 unspecified atom stereocenters. The number of esters is 1. The van der Waals surface area contributed by atoms with Gasteiger partial charge in [-0.05, 0) is 42.7 Å². The highest BCUT2D eigenvalue weighted by Crippen LogP contribution is 2.11. The minimum atomic E-state index is -0.721. The van der Waals surface area contributed by atoms with Gasteiger partial charge in [-0.1, -0.05) is 30.3 Å². The molecule has 0 aliphatic carbocycles. The number of rotatable bonds is 6. The van der Waals surface area contributed by atoms with Gasteiger partial charge in [-0.2, -0.15) is 0 Å². The maximum absolute atomic E-state index is 12.2. The molecule has 23 heavy (non-hydrogen) atoms. The van der Waals surface area contributed by atoms with Crippen LogP contribution in [0.1, 0.15) is 22.3 Å². The molecule has 0 saturated carbocycles. The molecule has 120 valence electrons. The number of aryl methyl sites for hydroxylation is 1. The lowest BCUT2D eigenvalue weighted by Crippen LogP contribution is -2.41. The van der Waals surface area contributed by atoms with Gasteiger partial charge in [0.2, 0.25) is 0 Å². The summed E-state index contributed by atoms with van der Waals surface area (Å²) >= 11 is 0. The minimum absolute atomic E-state index is 0.0788. The van der Waals surface area contributed by atoms with Gasteiger partial charge in [0.05, 0.1) is 7.11 Å². The van der Waals surface area contributed by atoms with Crippen molar-refractivity contribution >= 4 is 11.9 Å². The lowest BCUT2D eigenvalue weighted by atomic mass is 10.0. The highest BCUT2D eigenvalue weighted by atomic mass is 16.5. The van der Waals surface area contributed by atoms with Crippen LogP contribution in [-0.2, 0) is 16.0 Å². The molecule has 0 aliphatic heterocycles. The normalized spacial score (nSPS) is 11.5. The van der Waals surface area contributed by atoms with Crippen molar-refractivity contribution < 1.29 is 19.4 Å². The summed E-state index contributed by atoms with van der Waals surface area (Å²) in [4.78, 5) is 24.1. The number of phenolic OH excluding ortho intramolecular Hbond substituents is 1. The van der Waals surface area contributed by atoms with Crippen LogP contribution in [0, 0.1) is 0 Å². The molecule has 2 aromatic rings. The standard InChI is InChI=1S/C18H19NO4/c1-23-18(22)16(12-7-13-5-3-2-4-6-13)19-17(21)14-8-10-15(20)11-9-14/h2-6,8-11,16,20H,7,12H2,1H3,(H,19,21)/t16-/m0/s1. The van der Waals surface area contributed by atoms with Gasteiger partial charge in [0.15, 0.2) is 0 Å². The summed E-state index contributed by atoms with van der Waals surface area (Å²) in [7, 11) is 1.30. The van der Waals surface area contributed by atoms with Crippen molar-refractivity contribution in [1.82, 2.24) is 5.32 Å². The Bertz CT molecular complexity index is 652. The average Bonchev–Trinajstić information content (AvgIpc) is 2.59. The summed E-state index contributed by atoms with van der Waals surface area (Å²) in [5.74, 6) is -0.781. The number of amides is 1. The third-order valence-electron chi connectivity index (χ3n) is 3.49. The van der Waals surface area contributed by atoms with E-state index in [-0.39, 0.29) is 11.7 Å². The molecule has 2 aromatic carbocycles. The van der Waals surface area contributed by atoms with Crippen LogP contribution >= 0.6 is 0 Å². The molecule has 0 saturated heterocycles. The van der Waals surface area contributed by atoms with Crippen LogP contribution in [0.4, 0.5) is 0 Å². The predicted molar refractivity (Wildman–Crippen MR) is 86.1 cm³/mol. The average molecular weight is 313 g/mol. The van der Waals surface area contributed by atoms with Crippen LogP contribution in [-0.4, -0.2) is 30.1 Å². The molecule has 2 rings (SSSR count). The first kappa shape index (κ1) is 16.5. The number of hydrogen-bond acceptors (Lipinski definition) is 4. The van der Waals surface area contributed by atoms with Crippen LogP contribution < -0.4 is 5.32 Å². The van der Waals surface area contributed by atoms with Crippen molar-refractivity contribution in [1.29, 1.82) is 0 Å². The number of ether oxygens (including phenoxy) is 1. The lowest BCUT2D eigenvalue weighted by molar-refractivity contribution is -0.143. The van der Waals surface area contributed by atoms with Crippen LogP contribution in [0.15, 0.2) is 54.6 Å². The number of hydrogen-bond donors (Lipinski definition) is 2. The first-order valence-corrected chi connectivity index (χ1v) is 7.32. The number of phenols is 1. The van der Waals surface area contributed by atoms with E-state index in [2.05, 4.69) is 5.32 Å². The third kappa shape index (κ3) is 4.85. The van der Waals surface area contributed by atoms with Gasteiger partial charge in [0.25, 0.3) is 5.91 Å². The number of nitrogens with one attached hydrogen (secondary N) is 1. The lowest BCUT2D eigenvalue weighted by Gasteiger charge is -2.16. The summed E-state index contributed by atoms with van der Waals surface area (Å²) in [6.07, 6.45) is 1.09. The number of carbonyl (C=O) groups is 2. The van der Waals surface area contributed by atoms with Crippen molar-refractivity contribution in [3.8, 4) is 5.75 Å². The van der Waals surface area contributed by atoms with Crippen molar-refractivity contribution in [3.63, 3.8) is 0 Å². The summed E-state index contributed by atoms with van der Waals surface area (Å²) < 4.78 is 4.76. The Labute approximate surface area is 134 Å². The molecule has 1 atom stereocenters. The Balaban J connectivity index is 2.02. The topological polar surface area (TPSA) is 75.6 Å². The molecule has 1 amide bonds. The second-order valence-electron chi connectivity index (χ2n) is 5.12. The van der Waals surface area contributed by atoms with E-state index in [0.717, 1.165) is 5.56 Å². The highest BCUT2D eigenvalue weighted by Gasteiger charge is 2.22. The Morgan fingerprint density at radius 3 is 2.35 bits per heavy atom. The number of carbonyl (C=O) groups excluding carboxylic acids is 2. The number of aromatic hydroxyl groups is 1. The van der Waals surface area contributed by atoms with E-state index in [9.17, 15) is 14.7 Å². The molecule has 5 nitrogen and oxygen atoms in total. The molecule has 0 aromatic heterocycles. The van der Waals surface area contributed by atoms with E-state index < -0.39 is 12.0 Å². The van der Waals surface area contributed by atoms with Crippen molar-refractivity contribution in [2.75, 3.05) is 7.11 Å². The molecule has 2 N–H and O–H groups in total. The van der Waals surface area contributed by atoms with Gasteiger partial charge >= 0.3 is 5.97 Å². The SMILES string of the molecule is COC(=O)[C@H](CCc1ccccc1)NC(=O)c1ccc(O)cc1. The van der Waals surface area contributed by atoms with E-state index in [1.807, 2.05) is 30.3 Å². The van der Waals surface area contributed by atoms with E-state index >= 15 is 0 Å². The Hall–Kier alpha value is -2.82. The van der Waals surface area contributed by atoms with Gasteiger partial charge in [-0.25, -0.2) is 4.79 Å². The third-order valence-corrected chi connectivity index (χ3v) is 3.49. The summed E-state index contributed by atoms with van der Waals surface area (Å²) in [6, 6.07) is 14.8. The van der Waals surface area contributed by atoms with Crippen molar-refractivity contribution in [2.45, 2.75) is 18.9 Å². The van der Waals surface area contributed by atoms with Gasteiger partial charge in [-0.15, -0.1) is 0 Å². The number of benzene rings is 2. The molecular weight excluding hydrogens is 294 g/mol. The molecule has 0 radical (unpaired) electrons. The first-order chi connectivity index (χ1) is 11.1. The molecule has 0 aliphatic rings. The Morgan fingerprint density at radius 2 is 1.74 bits per heavy atom. The Morgan fingerprint density at radius 1 is 1.09 bits per heavy atom. The smallest absolute Gasteiger partial charge is 0.328 e. The van der Waals surface area contributed by atoms with Crippen molar-refractivity contribution in [2.24, 2.45) is 0 Å². The van der Waals surface area contributed by atoms with Crippen LogP contribution in [0.5, 0.6) is 5.75 Å². The summed E-state index contributed by atoms with van der Waals surface area (Å²) in [5, 5.41) is 11.9. The summed E-state index contributed by atoms with van der Waals surface area (Å²) in [6.45, 7) is 0. The number of methoxy groups -OCH3 is 1. The zero-order valence-electron chi connectivity index (χ0n) is 12.9. The van der Waals surface area contributed by atoms with Gasteiger partial charge < -0.3 is 15.2 Å². The second kappa shape index (κ2) is 7.98. The molecule has 0 spiro atoms. The molecule has 0 bridgehead atoms. The van der Waals surface area contributed by atoms with E-state index in [4.69, 9.17) is 4.74 Å². The van der Waals surface area contributed by atoms with Crippen LogP contribution in [0.3, 0.4) is 0 Å². The maximum atomic E-state index is 12.2. The van der Waals surface area contributed by atoms with Crippen molar-refractivity contribution in [3.05, 3.63) is 65.7 Å². The molecule has 0 fully saturated rings. The fourth-order valence-electron chi connectivity index (χ4n) is 2.20. The second-order valence-corrected chi connectivity index (χ2v) is 5.12. The largest absolute Gasteiger partial charge is 0.508 e. The van der Waals surface area contributed by atoms with Gasteiger partial charge in [-0.3, -0.25) is 4.79 Å². The van der Waals surface area contributed by atoms with Crippen LogP contribution in [0.2, 0.25) is 0 Å². The van der Waals surface area contributed by atoms with Gasteiger partial charge in [0, 0.05) is 5.56 Å². The molecule has 5 heteroatoms. The van der Waals surface area contributed by atoms with Gasteiger partial charge in [0.1, 0.15) is 11.8 Å². The zero-order chi connectivity index (χ0) is 16.7. The maximum Gasteiger partial charge on any atom is 0.328 e. The fraction of sp³-hybridized carbons (Fsp3) is 0.222. The molecule has 0 heterocycles. The Kier molecular flexibility index (Phi) is 5.74. The monoisotopic (exact) mass is 313 g/mol. The van der Waals surface area contributed by atoms with E-state index in [1.54, 1.807) is 0 Å². The fourth-order valence-corrected chi connectivity index (χ4v) is 2.20. The zero-order valence-corrected chi connectivity index (χ0v) is 12.9. The first-order valence-electron chi connectivity index (χ1n) is 7.32. The molecular formula is C18H19NO4. The van der Waals surface area contributed by atoms with Crippen LogP contribution in [0.25, 0.3) is 0 Å². The van der Waals surface area contributed by atoms with E-state index in [0.29, 0.717) is 18.4 Å². The van der Waals surface area contributed by atoms with E-state index in [1.165, 1.54) is 31.4 Å². The summed E-state index contributed by atoms with van der Waals surface area (Å²) in [5.41, 5.74) is 1.46. The predicted octanol–water partition coefficient (Wildman–Crippen LogP) is 2.30.